The molecule has 130 valence electrons. The van der Waals surface area contributed by atoms with Crippen LogP contribution in [0.3, 0.4) is 0 Å². The van der Waals surface area contributed by atoms with Crippen molar-refractivity contribution < 1.29 is 21.6 Å². The van der Waals surface area contributed by atoms with E-state index < -0.39 is 21.6 Å². The van der Waals surface area contributed by atoms with Crippen LogP contribution in [0, 0.1) is 0 Å². The topological polar surface area (TPSA) is 89.2 Å². The number of alkyl halides is 3. The molecule has 0 saturated heterocycles. The number of nitrogens with two attached hydrogens (primary N) is 1. The molecule has 2 N–H and O–H groups in total. The molecule has 0 aliphatic rings. The molecule has 1 aromatic carbocycles. The summed E-state index contributed by atoms with van der Waals surface area (Å²) >= 11 is 0. The molecule has 24 heavy (non-hydrogen) atoms. The number of hydrogen-bond donors (Lipinski definition) is 1. The Morgan fingerprint density at radius 1 is 1.29 bits per heavy atom. The molecule has 2 aromatic rings. The fourth-order valence-electron chi connectivity index (χ4n) is 2.10. The van der Waals surface area contributed by atoms with Crippen LogP contribution in [0.2, 0.25) is 0 Å². The first kappa shape index (κ1) is 18.0. The van der Waals surface area contributed by atoms with Crippen LogP contribution in [0.15, 0.2) is 35.4 Å². The quantitative estimate of drug-likeness (QED) is 0.898. The molecule has 0 atom stereocenters. The largest absolute Gasteiger partial charge is 0.421 e. The summed E-state index contributed by atoms with van der Waals surface area (Å²) in [4.78, 5) is 8.37. The second kappa shape index (κ2) is 6.27. The van der Waals surface area contributed by atoms with Crippen molar-refractivity contribution in [3.63, 3.8) is 0 Å². The lowest BCUT2D eigenvalue weighted by atomic mass is 10.2. The van der Waals surface area contributed by atoms with E-state index in [0.717, 1.165) is 6.26 Å². The van der Waals surface area contributed by atoms with Crippen LogP contribution in [-0.2, 0) is 22.6 Å². The Balaban J connectivity index is 2.38. The zero-order valence-electron chi connectivity index (χ0n) is 12.9. The predicted molar refractivity (Wildman–Crippen MR) is 83.1 cm³/mol. The molecule has 0 spiro atoms. The molecule has 0 fully saturated rings. The number of sulfone groups is 1. The van der Waals surface area contributed by atoms with Crippen LogP contribution < -0.4 is 10.6 Å². The molecule has 1 aromatic heterocycles. The van der Waals surface area contributed by atoms with Gasteiger partial charge in [-0.05, 0) is 17.7 Å². The van der Waals surface area contributed by atoms with Crippen LogP contribution >= 0.6 is 0 Å². The van der Waals surface area contributed by atoms with Crippen molar-refractivity contribution in [3.05, 3.63) is 41.6 Å². The van der Waals surface area contributed by atoms with E-state index in [0.29, 0.717) is 11.8 Å². The smallest absolute Gasteiger partial charge is 0.368 e. The summed E-state index contributed by atoms with van der Waals surface area (Å²) in [5.74, 6) is -0.658. The molecule has 10 heteroatoms. The molecular weight excluding hydrogens is 345 g/mol. The third kappa shape index (κ3) is 4.13. The Morgan fingerprint density at radius 3 is 2.54 bits per heavy atom. The molecule has 0 bridgehead atoms. The van der Waals surface area contributed by atoms with Gasteiger partial charge >= 0.3 is 6.18 Å². The zero-order valence-corrected chi connectivity index (χ0v) is 13.7. The van der Waals surface area contributed by atoms with E-state index in [1.165, 1.54) is 30.1 Å². The first-order chi connectivity index (χ1) is 11.0. The summed E-state index contributed by atoms with van der Waals surface area (Å²) in [6, 6.07) is 5.97. The maximum absolute atomic E-state index is 13.1. The third-order valence-corrected chi connectivity index (χ3v) is 4.31. The van der Waals surface area contributed by atoms with Crippen LogP contribution in [0.25, 0.3) is 0 Å². The normalized spacial score (nSPS) is 12.2. The highest BCUT2D eigenvalue weighted by Crippen LogP contribution is 2.35. The highest BCUT2D eigenvalue weighted by Gasteiger charge is 2.36. The molecule has 0 amide bonds. The van der Waals surface area contributed by atoms with Crippen LogP contribution in [0.4, 0.5) is 24.9 Å². The number of benzene rings is 1. The van der Waals surface area contributed by atoms with Gasteiger partial charge in [0.2, 0.25) is 5.95 Å². The molecule has 2 rings (SSSR count). The van der Waals surface area contributed by atoms with Crippen LogP contribution in [0.1, 0.15) is 11.1 Å². The maximum Gasteiger partial charge on any atom is 0.421 e. The molecule has 6 nitrogen and oxygen atoms in total. The Morgan fingerprint density at radius 2 is 1.96 bits per heavy atom. The standard InChI is InChI=1S/C14H15F3N4O2S/c1-21(8-9-4-3-5-10(6-9)24(2,22)23)12-11(14(15,16)17)7-19-13(18)20-12/h3-7H,8H2,1-2H3,(H2,18,19,20). The van der Waals surface area contributed by atoms with E-state index in [1.54, 1.807) is 6.07 Å². The van der Waals surface area contributed by atoms with Crippen LogP contribution in [0.5, 0.6) is 0 Å². The summed E-state index contributed by atoms with van der Waals surface area (Å²) in [6.07, 6.45) is -2.95. The Kier molecular flexibility index (Phi) is 4.70. The van der Waals surface area contributed by atoms with Gasteiger partial charge in [-0.3, -0.25) is 0 Å². The van der Waals surface area contributed by atoms with Gasteiger partial charge in [0.1, 0.15) is 11.4 Å². The van der Waals surface area contributed by atoms with Gasteiger partial charge in [0, 0.05) is 26.0 Å². The van der Waals surface area contributed by atoms with Gasteiger partial charge in [-0.2, -0.15) is 18.2 Å². The third-order valence-electron chi connectivity index (χ3n) is 3.20. The lowest BCUT2D eigenvalue weighted by molar-refractivity contribution is -0.137. The van der Waals surface area contributed by atoms with Gasteiger partial charge in [0.15, 0.2) is 9.84 Å². The minimum Gasteiger partial charge on any atom is -0.368 e. The Hall–Kier alpha value is -2.36. The van der Waals surface area contributed by atoms with E-state index in [1.807, 2.05) is 0 Å². The fraction of sp³-hybridized carbons (Fsp3) is 0.286. The van der Waals surface area contributed by atoms with Gasteiger partial charge in [0.25, 0.3) is 0 Å². The minimum absolute atomic E-state index is 0.0168. The molecule has 0 radical (unpaired) electrons. The van der Waals surface area contributed by atoms with Gasteiger partial charge in [-0.1, -0.05) is 12.1 Å². The number of anilines is 2. The molecular formula is C14H15F3N4O2S. The number of nitrogen functional groups attached to an aromatic ring is 1. The summed E-state index contributed by atoms with van der Waals surface area (Å²) < 4.78 is 62.4. The van der Waals surface area contributed by atoms with Crippen molar-refractivity contribution in [2.45, 2.75) is 17.6 Å². The summed E-state index contributed by atoms with van der Waals surface area (Å²) in [6.45, 7) is 0.0168. The Bertz CT molecular complexity index is 853. The number of hydrogen-bond acceptors (Lipinski definition) is 6. The molecule has 1 heterocycles. The number of rotatable bonds is 4. The van der Waals surface area contributed by atoms with Crippen molar-refractivity contribution in [3.8, 4) is 0 Å². The molecule has 0 unspecified atom stereocenters. The second-order valence-electron chi connectivity index (χ2n) is 5.24. The lowest BCUT2D eigenvalue weighted by Crippen LogP contribution is -2.23. The van der Waals surface area contributed by atoms with E-state index in [4.69, 9.17) is 5.73 Å². The van der Waals surface area contributed by atoms with E-state index >= 15 is 0 Å². The first-order valence-electron chi connectivity index (χ1n) is 6.68. The zero-order chi connectivity index (χ0) is 18.1. The summed E-state index contributed by atoms with van der Waals surface area (Å²) in [5, 5.41) is 0. The SMILES string of the molecule is CN(Cc1cccc(S(C)(=O)=O)c1)c1nc(N)ncc1C(F)(F)F. The monoisotopic (exact) mass is 360 g/mol. The van der Waals surface area contributed by atoms with E-state index in [2.05, 4.69) is 9.97 Å². The van der Waals surface area contributed by atoms with Gasteiger partial charge in [-0.25, -0.2) is 13.4 Å². The van der Waals surface area contributed by atoms with Gasteiger partial charge in [-0.15, -0.1) is 0 Å². The van der Waals surface area contributed by atoms with Gasteiger partial charge < -0.3 is 10.6 Å². The van der Waals surface area contributed by atoms with Gasteiger partial charge in [0.05, 0.1) is 4.90 Å². The summed E-state index contributed by atoms with van der Waals surface area (Å²) in [5.41, 5.74) is 4.89. The van der Waals surface area contributed by atoms with E-state index in [-0.39, 0.29) is 23.2 Å². The second-order valence-corrected chi connectivity index (χ2v) is 7.25. The van der Waals surface area contributed by atoms with Crippen molar-refractivity contribution in [2.75, 3.05) is 23.9 Å². The molecule has 0 aliphatic carbocycles. The molecule has 0 saturated carbocycles. The summed E-state index contributed by atoms with van der Waals surface area (Å²) in [7, 11) is -2.00. The van der Waals surface area contributed by atoms with Crippen molar-refractivity contribution in [1.29, 1.82) is 0 Å². The number of halogens is 3. The van der Waals surface area contributed by atoms with Crippen molar-refractivity contribution >= 4 is 21.6 Å². The fourth-order valence-corrected chi connectivity index (χ4v) is 2.79. The number of aromatic nitrogens is 2. The minimum atomic E-state index is -4.63. The first-order valence-corrected chi connectivity index (χ1v) is 8.57. The maximum atomic E-state index is 13.1. The van der Waals surface area contributed by atoms with Crippen LogP contribution in [-0.4, -0.2) is 31.7 Å². The number of nitrogens with zero attached hydrogens (tertiary/aromatic N) is 3. The average Bonchev–Trinajstić information content (AvgIpc) is 2.45. The Labute approximate surface area is 137 Å². The highest BCUT2D eigenvalue weighted by atomic mass is 32.2. The lowest BCUT2D eigenvalue weighted by Gasteiger charge is -2.22. The van der Waals surface area contributed by atoms with Crippen molar-refractivity contribution in [1.82, 2.24) is 9.97 Å². The predicted octanol–water partition coefficient (Wildman–Crippen LogP) is 2.12. The molecule has 0 aliphatic heterocycles. The highest BCUT2D eigenvalue weighted by molar-refractivity contribution is 7.90. The average molecular weight is 360 g/mol. The van der Waals surface area contributed by atoms with Crippen molar-refractivity contribution in [2.24, 2.45) is 0 Å². The van der Waals surface area contributed by atoms with E-state index in [9.17, 15) is 21.6 Å².